The molecule has 2 aromatic rings. The fourth-order valence-electron chi connectivity index (χ4n) is 2.23. The van der Waals surface area contributed by atoms with Crippen molar-refractivity contribution in [1.29, 1.82) is 0 Å². The molecule has 0 radical (unpaired) electrons. The summed E-state index contributed by atoms with van der Waals surface area (Å²) in [6, 6.07) is 5.47. The molecule has 0 aliphatic heterocycles. The van der Waals surface area contributed by atoms with Crippen LogP contribution in [0.3, 0.4) is 0 Å². The largest absolute Gasteiger partial charge is 0.497 e. The van der Waals surface area contributed by atoms with Gasteiger partial charge < -0.3 is 24.8 Å². The van der Waals surface area contributed by atoms with Gasteiger partial charge in [0.25, 0.3) is 0 Å². The van der Waals surface area contributed by atoms with Crippen molar-refractivity contribution in [2.24, 2.45) is 0 Å². The normalized spacial score (nSPS) is 11.1. The number of rotatable bonds is 8. The van der Waals surface area contributed by atoms with Crippen molar-refractivity contribution in [2.45, 2.75) is 32.4 Å². The predicted octanol–water partition coefficient (Wildman–Crippen LogP) is 3.52. The minimum atomic E-state index is -0.181. The molecule has 0 unspecified atom stereocenters. The highest BCUT2D eigenvalue weighted by Gasteiger charge is 2.16. The molecule has 0 aliphatic carbocycles. The zero-order valence-corrected chi connectivity index (χ0v) is 16.6. The zero-order valence-electron chi connectivity index (χ0n) is 15.8. The molecule has 1 aromatic heterocycles. The van der Waals surface area contributed by atoms with Crippen LogP contribution in [0.25, 0.3) is 0 Å². The second kappa shape index (κ2) is 8.86. The molecular weight excluding hydrogens is 352 g/mol. The molecule has 0 amide bonds. The number of aryl methyl sites for hydroxylation is 1. The van der Waals surface area contributed by atoms with Crippen LogP contribution in [0.2, 0.25) is 0 Å². The van der Waals surface area contributed by atoms with E-state index in [0.717, 1.165) is 24.3 Å². The fourth-order valence-corrected chi connectivity index (χ4v) is 2.46. The Morgan fingerprint density at radius 2 is 1.96 bits per heavy atom. The quantitative estimate of drug-likeness (QED) is 0.681. The molecule has 0 atom stereocenters. The van der Waals surface area contributed by atoms with Gasteiger partial charge >= 0.3 is 0 Å². The van der Waals surface area contributed by atoms with Gasteiger partial charge in [-0.3, -0.25) is 4.68 Å². The Morgan fingerprint density at radius 1 is 1.19 bits per heavy atom. The van der Waals surface area contributed by atoms with Gasteiger partial charge in [0.15, 0.2) is 5.11 Å². The Balaban J connectivity index is 1.96. The van der Waals surface area contributed by atoms with Crippen molar-refractivity contribution < 1.29 is 14.2 Å². The maximum absolute atomic E-state index is 5.43. The van der Waals surface area contributed by atoms with Crippen LogP contribution in [0.15, 0.2) is 30.6 Å². The lowest BCUT2D eigenvalue weighted by Crippen LogP contribution is -2.24. The monoisotopic (exact) mass is 378 g/mol. The van der Waals surface area contributed by atoms with Crippen molar-refractivity contribution in [1.82, 2.24) is 9.78 Å². The zero-order chi connectivity index (χ0) is 19.2. The maximum atomic E-state index is 5.43. The predicted molar refractivity (Wildman–Crippen MR) is 107 cm³/mol. The van der Waals surface area contributed by atoms with Gasteiger partial charge in [-0.15, -0.1) is 0 Å². The van der Waals surface area contributed by atoms with Crippen LogP contribution < -0.4 is 20.1 Å². The summed E-state index contributed by atoms with van der Waals surface area (Å²) >= 11 is 5.38. The minimum Gasteiger partial charge on any atom is -0.497 e. The number of thiocarbonyl (C=S) groups is 1. The third-order valence-corrected chi connectivity index (χ3v) is 4.25. The molecule has 2 rings (SSSR count). The number of benzene rings is 1. The van der Waals surface area contributed by atoms with Crippen LogP contribution in [-0.2, 0) is 11.3 Å². The topological polar surface area (TPSA) is 69.6 Å². The minimum absolute atomic E-state index is 0.181. The molecule has 8 heteroatoms. The molecule has 2 N–H and O–H groups in total. The van der Waals surface area contributed by atoms with Crippen molar-refractivity contribution in [3.8, 4) is 11.5 Å². The number of nitrogens with zero attached hydrogens (tertiary/aromatic N) is 2. The average molecular weight is 378 g/mol. The molecule has 1 aromatic carbocycles. The average Bonchev–Trinajstić information content (AvgIpc) is 3.07. The first-order valence-electron chi connectivity index (χ1n) is 8.24. The number of nitrogens with one attached hydrogen (secondary N) is 2. The molecule has 0 aliphatic rings. The number of methoxy groups -OCH3 is 3. The van der Waals surface area contributed by atoms with Crippen LogP contribution in [0.5, 0.6) is 11.5 Å². The van der Waals surface area contributed by atoms with E-state index < -0.39 is 0 Å². The second-order valence-corrected chi connectivity index (χ2v) is 6.76. The van der Waals surface area contributed by atoms with E-state index in [1.54, 1.807) is 27.5 Å². The molecule has 0 saturated heterocycles. The lowest BCUT2D eigenvalue weighted by molar-refractivity contribution is 0.0113. The van der Waals surface area contributed by atoms with Crippen LogP contribution >= 0.6 is 12.2 Å². The van der Waals surface area contributed by atoms with E-state index in [9.17, 15) is 0 Å². The van der Waals surface area contributed by atoms with Gasteiger partial charge in [0.1, 0.15) is 11.5 Å². The third-order valence-electron chi connectivity index (χ3n) is 4.04. The standard InChI is InChI=1S/C18H26N4O3S/c1-18(2,25-5)8-9-22-12-13(11-19-22)20-17(26)21-15-10-14(23-3)6-7-16(15)24-4/h6-7,10-12H,8-9H2,1-5H3,(H2,20,21,26). The number of ether oxygens (including phenoxy) is 3. The summed E-state index contributed by atoms with van der Waals surface area (Å²) in [5, 5.41) is 11.0. The molecular formula is C18H26N4O3S. The van der Waals surface area contributed by atoms with E-state index >= 15 is 0 Å². The summed E-state index contributed by atoms with van der Waals surface area (Å²) in [7, 11) is 4.93. The number of hydrogen-bond acceptors (Lipinski definition) is 5. The SMILES string of the molecule is COc1ccc(OC)c(NC(=S)Nc2cnn(CCC(C)(C)OC)c2)c1. The highest BCUT2D eigenvalue weighted by atomic mass is 32.1. The molecule has 0 bridgehead atoms. The van der Waals surface area contributed by atoms with Gasteiger partial charge in [0.2, 0.25) is 0 Å². The van der Waals surface area contributed by atoms with Crippen LogP contribution in [0.1, 0.15) is 20.3 Å². The Hall–Kier alpha value is -2.32. The van der Waals surface area contributed by atoms with E-state index in [0.29, 0.717) is 16.6 Å². The summed E-state index contributed by atoms with van der Waals surface area (Å²) in [5.41, 5.74) is 1.34. The van der Waals surface area contributed by atoms with Crippen molar-refractivity contribution >= 4 is 28.7 Å². The Bertz CT molecular complexity index is 746. The fraction of sp³-hybridized carbons (Fsp3) is 0.444. The summed E-state index contributed by atoms with van der Waals surface area (Å²) in [6.07, 6.45) is 4.49. The van der Waals surface area contributed by atoms with Crippen molar-refractivity contribution in [3.63, 3.8) is 0 Å². The number of aromatic nitrogens is 2. The molecule has 1 heterocycles. The summed E-state index contributed by atoms with van der Waals surface area (Å²) in [6.45, 7) is 4.86. The Kier molecular flexibility index (Phi) is 6.82. The lowest BCUT2D eigenvalue weighted by Gasteiger charge is -2.22. The number of anilines is 2. The van der Waals surface area contributed by atoms with E-state index in [1.807, 2.05) is 29.1 Å². The molecule has 0 fully saturated rings. The first-order chi connectivity index (χ1) is 12.4. The summed E-state index contributed by atoms with van der Waals surface area (Å²) in [5.74, 6) is 1.39. The van der Waals surface area contributed by atoms with Crippen LogP contribution in [0, 0.1) is 0 Å². The van der Waals surface area contributed by atoms with Gasteiger partial charge in [-0.25, -0.2) is 0 Å². The number of hydrogen-bond donors (Lipinski definition) is 2. The highest BCUT2D eigenvalue weighted by Crippen LogP contribution is 2.29. The van der Waals surface area contributed by atoms with Gasteiger partial charge in [-0.05, 0) is 44.6 Å². The van der Waals surface area contributed by atoms with E-state index in [2.05, 4.69) is 29.6 Å². The Labute approximate surface area is 159 Å². The maximum Gasteiger partial charge on any atom is 0.175 e. The first kappa shape index (κ1) is 20.0. The summed E-state index contributed by atoms with van der Waals surface area (Å²) < 4.78 is 17.9. The Morgan fingerprint density at radius 3 is 2.62 bits per heavy atom. The molecule has 0 saturated carbocycles. The van der Waals surface area contributed by atoms with E-state index in [-0.39, 0.29) is 5.60 Å². The van der Waals surface area contributed by atoms with Crippen molar-refractivity contribution in [3.05, 3.63) is 30.6 Å². The van der Waals surface area contributed by atoms with Crippen LogP contribution in [0.4, 0.5) is 11.4 Å². The van der Waals surface area contributed by atoms with Crippen molar-refractivity contribution in [2.75, 3.05) is 32.0 Å². The molecule has 26 heavy (non-hydrogen) atoms. The van der Waals surface area contributed by atoms with E-state index in [1.165, 1.54) is 0 Å². The second-order valence-electron chi connectivity index (χ2n) is 6.35. The smallest absolute Gasteiger partial charge is 0.175 e. The van der Waals surface area contributed by atoms with E-state index in [4.69, 9.17) is 26.4 Å². The lowest BCUT2D eigenvalue weighted by atomic mass is 10.1. The van der Waals surface area contributed by atoms with Crippen LogP contribution in [-0.4, -0.2) is 41.8 Å². The molecule has 0 spiro atoms. The molecule has 7 nitrogen and oxygen atoms in total. The van der Waals surface area contributed by atoms with Gasteiger partial charge in [-0.1, -0.05) is 0 Å². The highest BCUT2D eigenvalue weighted by molar-refractivity contribution is 7.80. The van der Waals surface area contributed by atoms with Gasteiger partial charge in [0.05, 0.1) is 37.4 Å². The molecule has 142 valence electrons. The third kappa shape index (κ3) is 5.60. The van der Waals surface area contributed by atoms with Gasteiger partial charge in [0, 0.05) is 25.9 Å². The van der Waals surface area contributed by atoms with Gasteiger partial charge in [-0.2, -0.15) is 5.10 Å². The first-order valence-corrected chi connectivity index (χ1v) is 8.65. The summed E-state index contributed by atoms with van der Waals surface area (Å²) in [4.78, 5) is 0.